The highest BCUT2D eigenvalue weighted by atomic mass is 35.5. The van der Waals surface area contributed by atoms with Gasteiger partial charge in [0.25, 0.3) is 0 Å². The lowest BCUT2D eigenvalue weighted by molar-refractivity contribution is 0.251. The predicted octanol–water partition coefficient (Wildman–Crippen LogP) is 4.98. The SMILES string of the molecule is COc1ccccc1N1CCN(CCCCc2cc(-c3cccs3)no2)CC1.Cl. The number of piperazine rings is 1. The number of thiophene rings is 1. The van der Waals surface area contributed by atoms with Crippen LogP contribution in [0.25, 0.3) is 10.6 Å². The number of nitrogens with zero attached hydrogens (tertiary/aromatic N) is 3. The lowest BCUT2D eigenvalue weighted by Crippen LogP contribution is -2.46. The van der Waals surface area contributed by atoms with Gasteiger partial charge in [-0.3, -0.25) is 4.90 Å². The van der Waals surface area contributed by atoms with Gasteiger partial charge in [-0.15, -0.1) is 23.7 Å². The molecule has 3 aromatic rings. The lowest BCUT2D eigenvalue weighted by atomic mass is 10.1. The normalized spacial score (nSPS) is 14.6. The molecule has 5 nitrogen and oxygen atoms in total. The second-order valence-electron chi connectivity index (χ2n) is 7.11. The van der Waals surface area contributed by atoms with Crippen molar-refractivity contribution in [3.8, 4) is 16.3 Å². The Hall–Kier alpha value is -2.02. The molecule has 1 aliphatic heterocycles. The Bertz CT molecular complexity index is 861. The number of rotatable bonds is 8. The first-order valence-electron chi connectivity index (χ1n) is 9.93. The average Bonchev–Trinajstić information content (AvgIpc) is 3.43. The molecule has 4 rings (SSSR count). The number of methoxy groups -OCH3 is 1. The Balaban J connectivity index is 0.00000240. The van der Waals surface area contributed by atoms with Crippen LogP contribution < -0.4 is 9.64 Å². The molecule has 0 bridgehead atoms. The second kappa shape index (κ2) is 10.7. The number of halogens is 1. The first-order valence-corrected chi connectivity index (χ1v) is 10.8. The Morgan fingerprint density at radius 3 is 2.66 bits per heavy atom. The summed E-state index contributed by atoms with van der Waals surface area (Å²) >= 11 is 1.70. The van der Waals surface area contributed by atoms with Gasteiger partial charge in [-0.05, 0) is 43.0 Å². The Morgan fingerprint density at radius 1 is 1.07 bits per heavy atom. The molecule has 3 heterocycles. The first-order chi connectivity index (χ1) is 13.8. The number of ether oxygens (including phenoxy) is 1. The van der Waals surface area contributed by atoms with Crippen molar-refractivity contribution in [2.24, 2.45) is 0 Å². The topological polar surface area (TPSA) is 41.7 Å². The smallest absolute Gasteiger partial charge is 0.142 e. The zero-order valence-electron chi connectivity index (χ0n) is 16.8. The van der Waals surface area contributed by atoms with E-state index in [1.807, 2.05) is 18.2 Å². The van der Waals surface area contributed by atoms with Crippen LogP contribution in [0.1, 0.15) is 18.6 Å². The maximum Gasteiger partial charge on any atom is 0.142 e. The molecule has 0 radical (unpaired) electrons. The summed E-state index contributed by atoms with van der Waals surface area (Å²) in [5.41, 5.74) is 2.16. The van der Waals surface area contributed by atoms with Crippen LogP contribution in [-0.2, 0) is 6.42 Å². The van der Waals surface area contributed by atoms with Gasteiger partial charge in [0.15, 0.2) is 0 Å². The maximum atomic E-state index is 5.50. The van der Waals surface area contributed by atoms with E-state index in [1.54, 1.807) is 18.4 Å². The Labute approximate surface area is 182 Å². The van der Waals surface area contributed by atoms with E-state index < -0.39 is 0 Å². The van der Waals surface area contributed by atoms with Gasteiger partial charge in [0.1, 0.15) is 17.2 Å². The fourth-order valence-electron chi connectivity index (χ4n) is 3.71. The number of para-hydroxylation sites is 2. The van der Waals surface area contributed by atoms with E-state index in [4.69, 9.17) is 9.26 Å². The summed E-state index contributed by atoms with van der Waals surface area (Å²) in [6, 6.07) is 14.5. The number of hydrogen-bond donors (Lipinski definition) is 0. The van der Waals surface area contributed by atoms with Gasteiger partial charge in [0, 0.05) is 38.7 Å². The molecule has 0 unspecified atom stereocenters. The third-order valence-electron chi connectivity index (χ3n) is 5.28. The van der Waals surface area contributed by atoms with E-state index >= 15 is 0 Å². The molecule has 156 valence electrons. The van der Waals surface area contributed by atoms with Gasteiger partial charge in [0.2, 0.25) is 0 Å². The minimum absolute atomic E-state index is 0. The van der Waals surface area contributed by atoms with Crippen LogP contribution in [0.2, 0.25) is 0 Å². The van der Waals surface area contributed by atoms with Crippen molar-refractivity contribution >= 4 is 29.4 Å². The van der Waals surface area contributed by atoms with E-state index in [0.717, 1.165) is 62.8 Å². The van der Waals surface area contributed by atoms with Crippen LogP contribution in [-0.4, -0.2) is 49.9 Å². The van der Waals surface area contributed by atoms with Crippen molar-refractivity contribution in [1.29, 1.82) is 0 Å². The molecule has 0 saturated carbocycles. The summed E-state index contributed by atoms with van der Waals surface area (Å²) < 4.78 is 11.0. The number of unbranched alkanes of at least 4 members (excludes halogenated alkanes) is 1. The van der Waals surface area contributed by atoms with Crippen molar-refractivity contribution in [2.75, 3.05) is 44.7 Å². The fourth-order valence-corrected chi connectivity index (χ4v) is 4.39. The fraction of sp³-hybridized carbons (Fsp3) is 0.409. The maximum absolute atomic E-state index is 5.50. The van der Waals surface area contributed by atoms with E-state index in [2.05, 4.69) is 44.6 Å². The van der Waals surface area contributed by atoms with E-state index in [9.17, 15) is 0 Å². The molecular formula is C22H28ClN3O2S. The second-order valence-corrected chi connectivity index (χ2v) is 8.06. The average molecular weight is 434 g/mol. The zero-order valence-corrected chi connectivity index (χ0v) is 18.4. The monoisotopic (exact) mass is 433 g/mol. The zero-order chi connectivity index (χ0) is 19.2. The first kappa shape index (κ1) is 21.7. The number of aromatic nitrogens is 1. The minimum Gasteiger partial charge on any atom is -0.495 e. The molecule has 0 aliphatic carbocycles. The summed E-state index contributed by atoms with van der Waals surface area (Å²) in [7, 11) is 1.74. The van der Waals surface area contributed by atoms with Crippen LogP contribution in [0.15, 0.2) is 52.4 Å². The highest BCUT2D eigenvalue weighted by molar-refractivity contribution is 7.13. The van der Waals surface area contributed by atoms with Gasteiger partial charge >= 0.3 is 0 Å². The molecule has 1 aromatic carbocycles. The molecule has 0 N–H and O–H groups in total. The molecule has 1 aliphatic rings. The van der Waals surface area contributed by atoms with Gasteiger partial charge in [0.05, 0.1) is 17.7 Å². The summed E-state index contributed by atoms with van der Waals surface area (Å²) in [5.74, 6) is 1.95. The van der Waals surface area contributed by atoms with Crippen molar-refractivity contribution in [3.05, 3.63) is 53.6 Å². The lowest BCUT2D eigenvalue weighted by Gasteiger charge is -2.36. The molecule has 0 amide bonds. The molecule has 1 fully saturated rings. The third-order valence-corrected chi connectivity index (χ3v) is 6.17. The molecular weight excluding hydrogens is 406 g/mol. The molecule has 29 heavy (non-hydrogen) atoms. The highest BCUT2D eigenvalue weighted by Gasteiger charge is 2.19. The summed E-state index contributed by atoms with van der Waals surface area (Å²) in [6.45, 7) is 5.44. The molecule has 0 spiro atoms. The van der Waals surface area contributed by atoms with Gasteiger partial charge < -0.3 is 14.2 Å². The van der Waals surface area contributed by atoms with E-state index in [0.29, 0.717) is 0 Å². The van der Waals surface area contributed by atoms with Crippen LogP contribution in [0.3, 0.4) is 0 Å². The Morgan fingerprint density at radius 2 is 1.90 bits per heavy atom. The van der Waals surface area contributed by atoms with Gasteiger partial charge in [-0.1, -0.05) is 23.4 Å². The largest absolute Gasteiger partial charge is 0.495 e. The Kier molecular flexibility index (Phi) is 7.98. The number of hydrogen-bond acceptors (Lipinski definition) is 6. The van der Waals surface area contributed by atoms with Crippen LogP contribution in [0, 0.1) is 0 Å². The van der Waals surface area contributed by atoms with E-state index in [-0.39, 0.29) is 12.4 Å². The molecule has 0 atom stereocenters. The summed E-state index contributed by atoms with van der Waals surface area (Å²) in [4.78, 5) is 6.15. The number of anilines is 1. The van der Waals surface area contributed by atoms with Crippen LogP contribution in [0.4, 0.5) is 5.69 Å². The van der Waals surface area contributed by atoms with Crippen LogP contribution in [0.5, 0.6) is 5.75 Å². The minimum atomic E-state index is 0. The van der Waals surface area contributed by atoms with Crippen molar-refractivity contribution in [2.45, 2.75) is 19.3 Å². The molecule has 7 heteroatoms. The molecule has 1 saturated heterocycles. The van der Waals surface area contributed by atoms with Gasteiger partial charge in [-0.2, -0.15) is 0 Å². The number of aryl methyl sites for hydroxylation is 1. The van der Waals surface area contributed by atoms with Crippen molar-refractivity contribution in [3.63, 3.8) is 0 Å². The predicted molar refractivity (Wildman–Crippen MR) is 122 cm³/mol. The molecule has 2 aromatic heterocycles. The quantitative estimate of drug-likeness (QED) is 0.469. The number of benzene rings is 1. The van der Waals surface area contributed by atoms with Crippen molar-refractivity contribution < 1.29 is 9.26 Å². The third kappa shape index (κ3) is 5.53. The summed E-state index contributed by atoms with van der Waals surface area (Å²) in [5, 5.41) is 6.25. The van der Waals surface area contributed by atoms with E-state index in [1.165, 1.54) is 17.0 Å². The van der Waals surface area contributed by atoms with Crippen LogP contribution >= 0.6 is 23.7 Å². The summed E-state index contributed by atoms with van der Waals surface area (Å²) in [6.07, 6.45) is 3.27. The van der Waals surface area contributed by atoms with Crippen molar-refractivity contribution in [1.82, 2.24) is 10.1 Å². The highest BCUT2D eigenvalue weighted by Crippen LogP contribution is 2.28. The van der Waals surface area contributed by atoms with Gasteiger partial charge in [-0.25, -0.2) is 0 Å². The standard InChI is InChI=1S/C22H27N3O2S.ClH/c1-26-21-9-3-2-8-20(21)25-14-12-24(13-15-25)11-5-4-7-18-17-19(23-27-18)22-10-6-16-28-22;/h2-3,6,8-10,16-17H,4-5,7,11-15H2,1H3;1H.